The zero-order valence-corrected chi connectivity index (χ0v) is 16.1. The Bertz CT molecular complexity index is 645. The molecule has 1 unspecified atom stereocenters. The van der Waals surface area contributed by atoms with E-state index in [2.05, 4.69) is 5.32 Å². The lowest BCUT2D eigenvalue weighted by Gasteiger charge is -2.35. The lowest BCUT2D eigenvalue weighted by atomic mass is 9.96. The molecule has 1 aromatic rings. The molecule has 1 aromatic carbocycles. The Morgan fingerprint density at radius 1 is 1.27 bits per heavy atom. The highest BCUT2D eigenvalue weighted by Crippen LogP contribution is 2.39. The van der Waals surface area contributed by atoms with E-state index in [-0.39, 0.29) is 29.2 Å². The molecule has 142 valence electrons. The number of benzene rings is 1. The van der Waals surface area contributed by atoms with Crippen molar-refractivity contribution in [3.05, 3.63) is 35.6 Å². The van der Waals surface area contributed by atoms with Crippen molar-refractivity contribution in [2.24, 2.45) is 5.92 Å². The number of hydrogen-bond donors (Lipinski definition) is 1. The van der Waals surface area contributed by atoms with Gasteiger partial charge in [-0.15, -0.1) is 11.8 Å². The van der Waals surface area contributed by atoms with E-state index in [1.54, 1.807) is 23.9 Å². The molecular weight excluding hydrogens is 353 g/mol. The highest BCUT2D eigenvalue weighted by molar-refractivity contribution is 8.00. The maximum atomic E-state index is 13.2. The summed E-state index contributed by atoms with van der Waals surface area (Å²) < 4.78 is 13.2. The second kappa shape index (κ2) is 8.29. The van der Waals surface area contributed by atoms with E-state index < -0.39 is 0 Å². The van der Waals surface area contributed by atoms with Gasteiger partial charge < -0.3 is 15.1 Å². The first-order valence-electron chi connectivity index (χ1n) is 9.16. The van der Waals surface area contributed by atoms with Crippen LogP contribution in [0.25, 0.3) is 0 Å². The fraction of sp³-hybridized carbons (Fsp3) is 0.579. The summed E-state index contributed by atoms with van der Waals surface area (Å²) >= 11 is 1.60. The van der Waals surface area contributed by atoms with Crippen LogP contribution in [0, 0.1) is 11.7 Å². The van der Waals surface area contributed by atoms with E-state index in [0.29, 0.717) is 18.2 Å². The van der Waals surface area contributed by atoms with Crippen molar-refractivity contribution in [3.63, 3.8) is 0 Å². The number of rotatable bonds is 4. The highest BCUT2D eigenvalue weighted by atomic mass is 32.2. The van der Waals surface area contributed by atoms with Gasteiger partial charge in [0, 0.05) is 25.7 Å². The van der Waals surface area contributed by atoms with Crippen molar-refractivity contribution < 1.29 is 14.0 Å². The number of amides is 3. The second-order valence-corrected chi connectivity index (χ2v) is 8.36. The third-order valence-electron chi connectivity index (χ3n) is 4.89. The minimum Gasteiger partial charge on any atom is -0.336 e. The van der Waals surface area contributed by atoms with Gasteiger partial charge in [0.1, 0.15) is 11.2 Å². The van der Waals surface area contributed by atoms with Gasteiger partial charge in [0.05, 0.1) is 5.75 Å². The molecule has 0 spiro atoms. The number of hydrogen-bond acceptors (Lipinski definition) is 3. The van der Waals surface area contributed by atoms with Crippen LogP contribution in [-0.2, 0) is 4.79 Å². The van der Waals surface area contributed by atoms with E-state index in [4.69, 9.17) is 0 Å². The van der Waals surface area contributed by atoms with Crippen LogP contribution in [0.4, 0.5) is 9.18 Å². The standard InChI is InChI=1S/C19H26FN3O2S/c1-13(2)21-19(25)22-9-7-14(8-10-22)11-23-17(24)12-26-18(23)15-3-5-16(20)6-4-15/h3-6,13-14,18H,7-12H2,1-2H3,(H,21,25). The topological polar surface area (TPSA) is 52.7 Å². The number of urea groups is 1. The number of carbonyl (C=O) groups excluding carboxylic acids is 2. The summed E-state index contributed by atoms with van der Waals surface area (Å²) in [6.45, 7) is 6.06. The SMILES string of the molecule is CC(C)NC(=O)N1CCC(CN2C(=O)CSC2c2ccc(F)cc2)CC1. The molecule has 3 amide bonds. The van der Waals surface area contributed by atoms with Gasteiger partial charge in [-0.25, -0.2) is 9.18 Å². The first-order chi connectivity index (χ1) is 12.4. The van der Waals surface area contributed by atoms with Gasteiger partial charge in [0.2, 0.25) is 5.91 Å². The van der Waals surface area contributed by atoms with Crippen LogP contribution in [0.15, 0.2) is 24.3 Å². The molecule has 0 bridgehead atoms. The van der Waals surface area contributed by atoms with Gasteiger partial charge >= 0.3 is 6.03 Å². The number of piperidine rings is 1. The fourth-order valence-corrected chi connectivity index (χ4v) is 4.69. The molecule has 2 aliphatic rings. The van der Waals surface area contributed by atoms with E-state index in [0.717, 1.165) is 31.5 Å². The van der Waals surface area contributed by atoms with Crippen molar-refractivity contribution in [3.8, 4) is 0 Å². The Labute approximate surface area is 158 Å². The van der Waals surface area contributed by atoms with Crippen molar-refractivity contribution in [1.29, 1.82) is 0 Å². The number of carbonyl (C=O) groups is 2. The van der Waals surface area contributed by atoms with Gasteiger partial charge in [-0.05, 0) is 50.3 Å². The average Bonchev–Trinajstić information content (AvgIpc) is 2.96. The van der Waals surface area contributed by atoms with Crippen molar-refractivity contribution in [2.75, 3.05) is 25.4 Å². The first-order valence-corrected chi connectivity index (χ1v) is 10.2. The van der Waals surface area contributed by atoms with Crippen LogP contribution in [0.2, 0.25) is 0 Å². The van der Waals surface area contributed by atoms with Crippen LogP contribution in [0.5, 0.6) is 0 Å². The molecule has 2 fully saturated rings. The largest absolute Gasteiger partial charge is 0.336 e. The van der Waals surface area contributed by atoms with Gasteiger partial charge in [0.25, 0.3) is 0 Å². The number of nitrogens with one attached hydrogen (secondary N) is 1. The van der Waals surface area contributed by atoms with Gasteiger partial charge in [0.15, 0.2) is 0 Å². The molecule has 2 heterocycles. The number of halogens is 1. The molecule has 2 aliphatic heterocycles. The second-order valence-electron chi connectivity index (χ2n) is 7.30. The summed E-state index contributed by atoms with van der Waals surface area (Å²) in [5, 5.41) is 2.89. The third-order valence-corrected chi connectivity index (χ3v) is 6.15. The third kappa shape index (κ3) is 4.50. The van der Waals surface area contributed by atoms with Crippen LogP contribution < -0.4 is 5.32 Å². The predicted molar refractivity (Wildman–Crippen MR) is 101 cm³/mol. The van der Waals surface area contributed by atoms with E-state index >= 15 is 0 Å². The van der Waals surface area contributed by atoms with Crippen molar-refractivity contribution in [1.82, 2.24) is 15.1 Å². The molecule has 1 atom stereocenters. The summed E-state index contributed by atoms with van der Waals surface area (Å²) in [6, 6.07) is 6.55. The quantitative estimate of drug-likeness (QED) is 0.874. The summed E-state index contributed by atoms with van der Waals surface area (Å²) in [4.78, 5) is 28.2. The maximum Gasteiger partial charge on any atom is 0.317 e. The van der Waals surface area contributed by atoms with E-state index in [1.165, 1.54) is 12.1 Å². The van der Waals surface area contributed by atoms with Gasteiger partial charge in [-0.2, -0.15) is 0 Å². The molecule has 0 aromatic heterocycles. The Balaban J connectivity index is 1.57. The fourth-order valence-electron chi connectivity index (χ4n) is 3.49. The molecule has 7 heteroatoms. The first kappa shape index (κ1) is 19.0. The Morgan fingerprint density at radius 2 is 1.92 bits per heavy atom. The molecule has 2 saturated heterocycles. The zero-order chi connectivity index (χ0) is 18.7. The molecule has 26 heavy (non-hydrogen) atoms. The zero-order valence-electron chi connectivity index (χ0n) is 15.3. The minimum absolute atomic E-state index is 0.00422. The molecule has 0 aliphatic carbocycles. The molecule has 0 radical (unpaired) electrons. The molecule has 0 saturated carbocycles. The highest BCUT2D eigenvalue weighted by Gasteiger charge is 2.35. The Kier molecular flexibility index (Phi) is 6.06. The lowest BCUT2D eigenvalue weighted by molar-refractivity contribution is -0.128. The number of thioether (sulfide) groups is 1. The smallest absolute Gasteiger partial charge is 0.317 e. The van der Waals surface area contributed by atoms with Gasteiger partial charge in [-0.3, -0.25) is 4.79 Å². The monoisotopic (exact) mass is 379 g/mol. The molecule has 3 rings (SSSR count). The molecule has 5 nitrogen and oxygen atoms in total. The van der Waals surface area contributed by atoms with Gasteiger partial charge in [-0.1, -0.05) is 12.1 Å². The van der Waals surface area contributed by atoms with Crippen LogP contribution in [-0.4, -0.2) is 53.2 Å². The summed E-state index contributed by atoms with van der Waals surface area (Å²) in [5.41, 5.74) is 0.969. The van der Waals surface area contributed by atoms with E-state index in [1.807, 2.05) is 23.6 Å². The predicted octanol–water partition coefficient (Wildman–Crippen LogP) is 3.23. The molecular formula is C19H26FN3O2S. The van der Waals surface area contributed by atoms with Crippen molar-refractivity contribution in [2.45, 2.75) is 38.1 Å². The normalized spacial score (nSPS) is 21.5. The Morgan fingerprint density at radius 3 is 2.54 bits per heavy atom. The minimum atomic E-state index is -0.262. The number of nitrogens with zero attached hydrogens (tertiary/aromatic N) is 2. The summed E-state index contributed by atoms with van der Waals surface area (Å²) in [5.74, 6) is 0.743. The van der Waals surface area contributed by atoms with Crippen LogP contribution >= 0.6 is 11.8 Å². The average molecular weight is 380 g/mol. The van der Waals surface area contributed by atoms with Crippen LogP contribution in [0.3, 0.4) is 0 Å². The Hall–Kier alpha value is -1.76. The summed E-state index contributed by atoms with van der Waals surface area (Å²) in [6.07, 6.45) is 1.80. The molecule has 1 N–H and O–H groups in total. The van der Waals surface area contributed by atoms with Crippen LogP contribution in [0.1, 0.15) is 37.6 Å². The van der Waals surface area contributed by atoms with Crippen molar-refractivity contribution >= 4 is 23.7 Å². The maximum absolute atomic E-state index is 13.2. The van der Waals surface area contributed by atoms with E-state index in [9.17, 15) is 14.0 Å². The lowest BCUT2D eigenvalue weighted by Crippen LogP contribution is -2.47. The summed E-state index contributed by atoms with van der Waals surface area (Å²) in [7, 11) is 0. The number of likely N-dealkylation sites (tertiary alicyclic amines) is 1.